The van der Waals surface area contributed by atoms with Crippen LogP contribution in [0.15, 0.2) is 42.9 Å². The largest absolute Gasteiger partial charge is 0.486 e. The lowest BCUT2D eigenvalue weighted by molar-refractivity contribution is 0.0919. The van der Waals surface area contributed by atoms with E-state index >= 15 is 0 Å². The van der Waals surface area contributed by atoms with Gasteiger partial charge in [-0.05, 0) is 49.9 Å². The molecule has 25 heavy (non-hydrogen) atoms. The van der Waals surface area contributed by atoms with Gasteiger partial charge in [-0.2, -0.15) is 0 Å². The van der Waals surface area contributed by atoms with Crippen molar-refractivity contribution >= 4 is 5.91 Å². The standard InChI is InChI=1S/C20H25N3O2/c1-15(16-6-3-2-4-7-16)23-20(24)17-9-10-18(22-12-17)14-25-19-8-5-11-21-13-19/h5,8-13,15-16H,2-4,6-7,14H2,1H3,(H,23,24). The Morgan fingerprint density at radius 3 is 2.76 bits per heavy atom. The van der Waals surface area contributed by atoms with Crippen LogP contribution < -0.4 is 10.1 Å². The first kappa shape index (κ1) is 17.4. The summed E-state index contributed by atoms with van der Waals surface area (Å²) in [5.41, 5.74) is 1.37. The second-order valence-corrected chi connectivity index (χ2v) is 6.68. The number of carbonyl (C=O) groups excluding carboxylic acids is 1. The topological polar surface area (TPSA) is 64.1 Å². The predicted octanol–water partition coefficient (Wildman–Crippen LogP) is 3.75. The molecule has 1 aliphatic rings. The maximum Gasteiger partial charge on any atom is 0.253 e. The lowest BCUT2D eigenvalue weighted by atomic mass is 9.84. The quantitative estimate of drug-likeness (QED) is 0.870. The Morgan fingerprint density at radius 2 is 2.08 bits per heavy atom. The second kappa shape index (κ2) is 8.60. The minimum Gasteiger partial charge on any atom is -0.486 e. The smallest absolute Gasteiger partial charge is 0.253 e. The Hall–Kier alpha value is -2.43. The van der Waals surface area contributed by atoms with Crippen molar-refractivity contribution in [3.05, 3.63) is 54.1 Å². The summed E-state index contributed by atoms with van der Waals surface area (Å²) in [6, 6.07) is 7.51. The van der Waals surface area contributed by atoms with E-state index in [1.165, 1.54) is 32.1 Å². The summed E-state index contributed by atoms with van der Waals surface area (Å²) in [5, 5.41) is 3.12. The highest BCUT2D eigenvalue weighted by Gasteiger charge is 2.21. The van der Waals surface area contributed by atoms with Gasteiger partial charge < -0.3 is 10.1 Å². The zero-order chi connectivity index (χ0) is 17.5. The molecule has 0 radical (unpaired) electrons. The van der Waals surface area contributed by atoms with E-state index < -0.39 is 0 Å². The average molecular weight is 339 g/mol. The van der Waals surface area contributed by atoms with Crippen LogP contribution in [0.2, 0.25) is 0 Å². The van der Waals surface area contributed by atoms with Crippen molar-refractivity contribution in [1.82, 2.24) is 15.3 Å². The van der Waals surface area contributed by atoms with Gasteiger partial charge in [0.25, 0.3) is 5.91 Å². The number of nitrogens with zero attached hydrogens (tertiary/aromatic N) is 2. The van der Waals surface area contributed by atoms with Crippen molar-refractivity contribution in [2.75, 3.05) is 0 Å². The van der Waals surface area contributed by atoms with Gasteiger partial charge in [0.05, 0.1) is 17.5 Å². The van der Waals surface area contributed by atoms with Crippen molar-refractivity contribution in [2.45, 2.75) is 51.7 Å². The molecule has 1 atom stereocenters. The summed E-state index contributed by atoms with van der Waals surface area (Å²) >= 11 is 0. The van der Waals surface area contributed by atoms with Gasteiger partial charge in [-0.25, -0.2) is 0 Å². The third-order valence-corrected chi connectivity index (χ3v) is 4.82. The van der Waals surface area contributed by atoms with Crippen LogP contribution in [0.4, 0.5) is 0 Å². The predicted molar refractivity (Wildman–Crippen MR) is 96.3 cm³/mol. The summed E-state index contributed by atoms with van der Waals surface area (Å²) in [4.78, 5) is 20.7. The molecule has 0 aromatic carbocycles. The number of ether oxygens (including phenoxy) is 1. The van der Waals surface area contributed by atoms with Crippen LogP contribution in [0, 0.1) is 5.92 Å². The second-order valence-electron chi connectivity index (χ2n) is 6.68. The molecule has 2 aromatic heterocycles. The van der Waals surface area contributed by atoms with Crippen molar-refractivity contribution in [3.8, 4) is 5.75 Å². The van der Waals surface area contributed by atoms with Gasteiger partial charge in [0.1, 0.15) is 12.4 Å². The Labute approximate surface area is 148 Å². The SMILES string of the molecule is CC(NC(=O)c1ccc(COc2cccnc2)nc1)C1CCCCC1. The van der Waals surface area contributed by atoms with E-state index in [1.807, 2.05) is 18.2 Å². The summed E-state index contributed by atoms with van der Waals surface area (Å²) in [6.45, 7) is 2.46. The highest BCUT2D eigenvalue weighted by molar-refractivity contribution is 5.94. The maximum atomic E-state index is 12.4. The lowest BCUT2D eigenvalue weighted by Crippen LogP contribution is -2.38. The molecule has 3 rings (SSSR count). The van der Waals surface area contributed by atoms with Crippen LogP contribution in [-0.2, 0) is 6.61 Å². The number of rotatable bonds is 6. The van der Waals surface area contributed by atoms with E-state index in [0.717, 1.165) is 5.69 Å². The Balaban J connectivity index is 1.51. The summed E-state index contributed by atoms with van der Waals surface area (Å²) in [7, 11) is 0. The third kappa shape index (κ3) is 5.02. The molecule has 1 N–H and O–H groups in total. The Bertz CT molecular complexity index is 667. The minimum absolute atomic E-state index is 0.0506. The number of hydrogen-bond acceptors (Lipinski definition) is 4. The molecular weight excluding hydrogens is 314 g/mol. The van der Waals surface area contributed by atoms with Gasteiger partial charge in [-0.15, -0.1) is 0 Å². The summed E-state index contributed by atoms with van der Waals surface area (Å²) < 4.78 is 5.61. The Morgan fingerprint density at radius 1 is 1.24 bits per heavy atom. The van der Waals surface area contributed by atoms with Gasteiger partial charge in [0.15, 0.2) is 0 Å². The third-order valence-electron chi connectivity index (χ3n) is 4.82. The molecule has 1 saturated carbocycles. The molecule has 0 spiro atoms. The highest BCUT2D eigenvalue weighted by Crippen LogP contribution is 2.26. The van der Waals surface area contributed by atoms with E-state index in [1.54, 1.807) is 24.7 Å². The van der Waals surface area contributed by atoms with Crippen LogP contribution in [0.5, 0.6) is 5.75 Å². The number of aromatic nitrogens is 2. The molecule has 0 saturated heterocycles. The van der Waals surface area contributed by atoms with Crippen LogP contribution in [0.1, 0.15) is 55.1 Å². The van der Waals surface area contributed by atoms with Crippen molar-refractivity contribution in [2.24, 2.45) is 5.92 Å². The first-order valence-corrected chi connectivity index (χ1v) is 9.01. The number of amides is 1. The van der Waals surface area contributed by atoms with Crippen LogP contribution in [-0.4, -0.2) is 21.9 Å². The maximum absolute atomic E-state index is 12.4. The lowest BCUT2D eigenvalue weighted by Gasteiger charge is -2.28. The van der Waals surface area contributed by atoms with E-state index in [0.29, 0.717) is 23.8 Å². The van der Waals surface area contributed by atoms with E-state index in [2.05, 4.69) is 22.2 Å². The summed E-state index contributed by atoms with van der Waals surface area (Å²) in [6.07, 6.45) is 11.3. The van der Waals surface area contributed by atoms with Crippen LogP contribution >= 0.6 is 0 Å². The van der Waals surface area contributed by atoms with Crippen molar-refractivity contribution < 1.29 is 9.53 Å². The average Bonchev–Trinajstić information content (AvgIpc) is 2.68. The molecule has 1 amide bonds. The van der Waals surface area contributed by atoms with Gasteiger partial charge in [0.2, 0.25) is 0 Å². The number of nitrogens with one attached hydrogen (secondary N) is 1. The van der Waals surface area contributed by atoms with Crippen molar-refractivity contribution in [1.29, 1.82) is 0 Å². The minimum atomic E-state index is -0.0506. The van der Waals surface area contributed by atoms with Gasteiger partial charge in [0, 0.05) is 18.4 Å². The monoisotopic (exact) mass is 339 g/mol. The number of pyridine rings is 2. The number of carbonyl (C=O) groups is 1. The fourth-order valence-corrected chi connectivity index (χ4v) is 3.28. The Kier molecular flexibility index (Phi) is 5.99. The molecule has 2 aromatic rings. The van der Waals surface area contributed by atoms with Crippen LogP contribution in [0.25, 0.3) is 0 Å². The molecule has 1 aliphatic carbocycles. The van der Waals surface area contributed by atoms with E-state index in [4.69, 9.17) is 4.74 Å². The fraction of sp³-hybridized carbons (Fsp3) is 0.450. The van der Waals surface area contributed by atoms with Crippen LogP contribution in [0.3, 0.4) is 0 Å². The van der Waals surface area contributed by atoms with E-state index in [9.17, 15) is 4.79 Å². The molecule has 0 bridgehead atoms. The number of hydrogen-bond donors (Lipinski definition) is 1. The van der Waals surface area contributed by atoms with Crippen molar-refractivity contribution in [3.63, 3.8) is 0 Å². The van der Waals surface area contributed by atoms with Gasteiger partial charge in [-0.3, -0.25) is 14.8 Å². The zero-order valence-electron chi connectivity index (χ0n) is 14.6. The first-order valence-electron chi connectivity index (χ1n) is 9.01. The fourth-order valence-electron chi connectivity index (χ4n) is 3.28. The highest BCUT2D eigenvalue weighted by atomic mass is 16.5. The molecule has 132 valence electrons. The zero-order valence-corrected chi connectivity index (χ0v) is 14.6. The molecule has 1 fully saturated rings. The van der Waals surface area contributed by atoms with Gasteiger partial charge >= 0.3 is 0 Å². The molecule has 2 heterocycles. The van der Waals surface area contributed by atoms with Gasteiger partial charge in [-0.1, -0.05) is 19.3 Å². The molecule has 5 nitrogen and oxygen atoms in total. The molecule has 1 unspecified atom stereocenters. The molecular formula is C20H25N3O2. The normalized spacial score (nSPS) is 16.2. The first-order chi connectivity index (χ1) is 12.2. The summed E-state index contributed by atoms with van der Waals surface area (Å²) in [5.74, 6) is 1.25. The van der Waals surface area contributed by atoms with E-state index in [-0.39, 0.29) is 11.9 Å². The molecule has 5 heteroatoms. The molecule has 0 aliphatic heterocycles.